The number of hydrogen-bond acceptors (Lipinski definition) is 16. The normalized spacial score (nSPS) is 15.7. The molecule has 3 aromatic carbocycles. The molecule has 3 aliphatic rings. The standard InChI is InChI=1S/C47H47N9O10S2/c1-28-31-8-5-11-36(40(31)44(60)56(28)35-14-15-39(57)49-43(35)59)66-24-23-64-20-19-63-21-22-65-27-30-25-55(53-52-30)17-6-13-38-41(45(61)62)50-47(68-38)54-18-16-29-7-4-9-32(33(29)26-54)42(58)51-46-48-34-10-2-3-12-37(34)67-46/h2-5,7-12,25,35H,1,6,13-24,26-27H2,(H,61,62)(H,48,51,58)(H,49,57,59). The number of carbonyl (C=O) groups is 5. The minimum atomic E-state index is -1.08. The van der Waals surface area contributed by atoms with Crippen LogP contribution in [0.3, 0.4) is 0 Å². The lowest BCUT2D eigenvalue weighted by Gasteiger charge is -2.30. The summed E-state index contributed by atoms with van der Waals surface area (Å²) in [7, 11) is 0. The van der Waals surface area contributed by atoms with Crippen LogP contribution in [0.1, 0.15) is 77.7 Å². The smallest absolute Gasteiger partial charge is 0.355 e. The van der Waals surface area contributed by atoms with Gasteiger partial charge in [0.05, 0.1) is 61.6 Å². The number of carboxylic acids is 1. The molecule has 4 amide bonds. The monoisotopic (exact) mass is 961 g/mol. The fourth-order valence-corrected chi connectivity index (χ4v) is 10.3. The molecule has 21 heteroatoms. The number of benzene rings is 3. The minimum absolute atomic E-state index is 0.0349. The first kappa shape index (κ1) is 46.2. The Bertz CT molecular complexity index is 2860. The van der Waals surface area contributed by atoms with Crippen LogP contribution in [0.2, 0.25) is 0 Å². The summed E-state index contributed by atoms with van der Waals surface area (Å²) in [4.78, 5) is 76.5. The third-order valence-electron chi connectivity index (χ3n) is 11.6. The van der Waals surface area contributed by atoms with Gasteiger partial charge in [0.1, 0.15) is 24.1 Å². The number of hydrogen-bond donors (Lipinski definition) is 3. The van der Waals surface area contributed by atoms with Crippen LogP contribution in [-0.4, -0.2) is 117 Å². The maximum absolute atomic E-state index is 13.5. The molecule has 0 spiro atoms. The van der Waals surface area contributed by atoms with Gasteiger partial charge < -0.3 is 29.0 Å². The number of imide groups is 1. The van der Waals surface area contributed by atoms with E-state index in [2.05, 4.69) is 37.5 Å². The maximum Gasteiger partial charge on any atom is 0.355 e. The van der Waals surface area contributed by atoms with E-state index in [9.17, 15) is 29.1 Å². The average Bonchev–Trinajstić information content (AvgIpc) is 4.13. The lowest BCUT2D eigenvalue weighted by Crippen LogP contribution is -2.52. The first-order valence-corrected chi connectivity index (χ1v) is 23.7. The molecule has 68 heavy (non-hydrogen) atoms. The van der Waals surface area contributed by atoms with Crippen molar-refractivity contribution in [2.24, 2.45) is 0 Å². The molecule has 1 fully saturated rings. The van der Waals surface area contributed by atoms with Crippen LogP contribution in [-0.2, 0) is 56.3 Å². The predicted molar refractivity (Wildman–Crippen MR) is 251 cm³/mol. The van der Waals surface area contributed by atoms with E-state index in [1.54, 1.807) is 29.1 Å². The molecule has 0 saturated carbocycles. The van der Waals surface area contributed by atoms with Crippen LogP contribution in [0, 0.1) is 0 Å². The Kier molecular flexibility index (Phi) is 14.2. The molecule has 0 aliphatic carbocycles. The van der Waals surface area contributed by atoms with Gasteiger partial charge in [-0.15, -0.1) is 16.4 Å². The van der Waals surface area contributed by atoms with E-state index < -0.39 is 23.8 Å². The van der Waals surface area contributed by atoms with Crippen molar-refractivity contribution in [3.63, 3.8) is 0 Å². The van der Waals surface area contributed by atoms with Gasteiger partial charge in [-0.1, -0.05) is 59.5 Å². The number of aromatic nitrogens is 5. The number of nitrogens with one attached hydrogen (secondary N) is 2. The second kappa shape index (κ2) is 20.9. The predicted octanol–water partition coefficient (Wildman–Crippen LogP) is 5.35. The zero-order chi connectivity index (χ0) is 47.1. The summed E-state index contributed by atoms with van der Waals surface area (Å²) < 4.78 is 25.6. The first-order valence-electron chi connectivity index (χ1n) is 22.1. The number of aromatic carboxylic acids is 1. The Morgan fingerprint density at radius 3 is 2.51 bits per heavy atom. The topological polar surface area (TPSA) is 230 Å². The lowest BCUT2D eigenvalue weighted by molar-refractivity contribution is -0.136. The van der Waals surface area contributed by atoms with Crippen molar-refractivity contribution in [1.29, 1.82) is 0 Å². The number of aryl methyl sites for hydroxylation is 2. The second-order valence-corrected chi connectivity index (χ2v) is 18.2. The second-order valence-electron chi connectivity index (χ2n) is 16.1. The summed E-state index contributed by atoms with van der Waals surface area (Å²) in [6.45, 7) is 7.61. The van der Waals surface area contributed by atoms with Gasteiger partial charge in [-0.2, -0.15) is 0 Å². The third-order valence-corrected chi connectivity index (χ3v) is 13.8. The van der Waals surface area contributed by atoms with E-state index in [0.29, 0.717) is 114 Å². The fourth-order valence-electron chi connectivity index (χ4n) is 8.34. The lowest BCUT2D eigenvalue weighted by atomic mass is 9.94. The summed E-state index contributed by atoms with van der Waals surface area (Å²) in [6, 6.07) is 17.8. The van der Waals surface area contributed by atoms with Gasteiger partial charge in [0.15, 0.2) is 16.0 Å². The van der Waals surface area contributed by atoms with Gasteiger partial charge in [0.25, 0.3) is 11.8 Å². The highest BCUT2D eigenvalue weighted by Gasteiger charge is 2.43. The summed E-state index contributed by atoms with van der Waals surface area (Å²) in [5.41, 5.74) is 5.33. The molecule has 1 saturated heterocycles. The minimum Gasteiger partial charge on any atom is -0.490 e. The first-order chi connectivity index (χ1) is 33.1. The molecule has 352 valence electrons. The Morgan fingerprint density at radius 1 is 0.912 bits per heavy atom. The molecule has 6 aromatic rings. The fraction of sp³-hybridized carbons (Fsp3) is 0.340. The summed E-state index contributed by atoms with van der Waals surface area (Å²) in [5, 5.41) is 24.9. The Hall–Kier alpha value is -6.91. The van der Waals surface area contributed by atoms with Crippen LogP contribution in [0.25, 0.3) is 15.9 Å². The van der Waals surface area contributed by atoms with E-state index >= 15 is 0 Å². The van der Waals surface area contributed by atoms with Crippen LogP contribution in [0.15, 0.2) is 73.4 Å². The van der Waals surface area contributed by atoms with Crippen molar-refractivity contribution in [3.05, 3.63) is 118 Å². The summed E-state index contributed by atoms with van der Waals surface area (Å²) in [5.74, 6) is -2.23. The average molecular weight is 962 g/mol. The molecule has 6 heterocycles. The molecular formula is C47H47N9O10S2. The molecule has 9 rings (SSSR count). The van der Waals surface area contributed by atoms with E-state index in [1.165, 1.54) is 27.6 Å². The van der Waals surface area contributed by atoms with Crippen molar-refractivity contribution < 1.29 is 48.0 Å². The Morgan fingerprint density at radius 2 is 1.71 bits per heavy atom. The quantitative estimate of drug-likeness (QED) is 0.0610. The van der Waals surface area contributed by atoms with Gasteiger partial charge in [-0.3, -0.25) is 39.4 Å². The van der Waals surface area contributed by atoms with Crippen molar-refractivity contribution in [3.8, 4) is 5.75 Å². The van der Waals surface area contributed by atoms with Crippen molar-refractivity contribution in [2.75, 3.05) is 56.4 Å². The molecule has 3 N–H and O–H groups in total. The molecule has 1 atom stereocenters. The van der Waals surface area contributed by atoms with Crippen LogP contribution < -0.4 is 20.3 Å². The number of fused-ring (bicyclic) bond motifs is 3. The largest absolute Gasteiger partial charge is 0.490 e. The highest BCUT2D eigenvalue weighted by Crippen LogP contribution is 2.40. The van der Waals surface area contributed by atoms with Crippen molar-refractivity contribution >= 4 is 78.4 Å². The number of amides is 4. The Labute approximate surface area is 397 Å². The SMILES string of the molecule is C=C1c2cccc(OCCOCCOCCOCc3cn(CCCc4sc(N5CCc6cccc(C(=O)Nc7nc8ccccc8s7)c6C5)nc4C(=O)O)nn3)c2C(=O)N1C1CCC(=O)NC1=O. The Balaban J connectivity index is 0.664. The van der Waals surface area contributed by atoms with E-state index in [-0.39, 0.29) is 50.2 Å². The maximum atomic E-state index is 13.5. The molecule has 0 bridgehead atoms. The highest BCUT2D eigenvalue weighted by molar-refractivity contribution is 7.22. The number of ether oxygens (including phenoxy) is 4. The van der Waals surface area contributed by atoms with Crippen LogP contribution >= 0.6 is 22.7 Å². The van der Waals surface area contributed by atoms with Gasteiger partial charge in [-0.05, 0) is 61.1 Å². The molecule has 1 unspecified atom stereocenters. The number of carboxylic acid groups (broad SMARTS) is 1. The van der Waals surface area contributed by atoms with E-state index in [1.807, 2.05) is 47.4 Å². The summed E-state index contributed by atoms with van der Waals surface area (Å²) >= 11 is 2.78. The molecule has 19 nitrogen and oxygen atoms in total. The van der Waals surface area contributed by atoms with Gasteiger partial charge in [0, 0.05) is 47.8 Å². The number of thiazole rings is 2. The molecule has 0 radical (unpaired) electrons. The number of anilines is 2. The van der Waals surface area contributed by atoms with Crippen molar-refractivity contribution in [1.82, 2.24) is 35.2 Å². The summed E-state index contributed by atoms with van der Waals surface area (Å²) in [6.07, 6.45) is 3.95. The molecular weight excluding hydrogens is 915 g/mol. The number of rotatable bonds is 21. The van der Waals surface area contributed by atoms with E-state index in [0.717, 1.165) is 21.3 Å². The third kappa shape index (κ3) is 10.3. The van der Waals surface area contributed by atoms with Gasteiger partial charge in [0.2, 0.25) is 11.8 Å². The van der Waals surface area contributed by atoms with Crippen molar-refractivity contribution in [2.45, 2.75) is 57.8 Å². The number of carbonyl (C=O) groups excluding carboxylic acids is 4. The van der Waals surface area contributed by atoms with Gasteiger partial charge >= 0.3 is 5.97 Å². The zero-order valence-electron chi connectivity index (χ0n) is 36.8. The van der Waals surface area contributed by atoms with Gasteiger partial charge in [-0.25, -0.2) is 14.8 Å². The van der Waals surface area contributed by atoms with Crippen LogP contribution in [0.4, 0.5) is 10.3 Å². The van der Waals surface area contributed by atoms with Crippen LogP contribution in [0.5, 0.6) is 5.75 Å². The number of piperidine rings is 1. The highest BCUT2D eigenvalue weighted by atomic mass is 32.1. The number of nitrogens with zero attached hydrogens (tertiary/aromatic N) is 7. The number of para-hydroxylation sites is 1. The zero-order valence-corrected chi connectivity index (χ0v) is 38.4. The molecule has 3 aromatic heterocycles. The molecule has 3 aliphatic heterocycles. The van der Waals surface area contributed by atoms with E-state index in [4.69, 9.17) is 18.9 Å².